The zero-order chi connectivity index (χ0) is 14.9. The van der Waals surface area contributed by atoms with Gasteiger partial charge in [-0.25, -0.2) is 8.42 Å². The average molecular weight is 319 g/mol. The first-order valence-corrected chi connectivity index (χ1v) is 8.66. The summed E-state index contributed by atoms with van der Waals surface area (Å²) in [6, 6.07) is 14.5. The molecule has 1 heterocycles. The summed E-state index contributed by atoms with van der Waals surface area (Å²) >= 11 is 1.22. The van der Waals surface area contributed by atoms with E-state index in [1.165, 1.54) is 17.4 Å². The maximum absolute atomic E-state index is 12.5. The quantitative estimate of drug-likeness (QED) is 0.776. The average Bonchev–Trinajstić information content (AvgIpc) is 2.97. The van der Waals surface area contributed by atoms with E-state index in [2.05, 4.69) is 4.72 Å². The molecule has 0 spiro atoms. The molecule has 0 aliphatic rings. The van der Waals surface area contributed by atoms with E-state index >= 15 is 0 Å². The standard InChI is InChI=1S/C15H13NO3S2/c17-10-14-15(8-9-20-14)21(18,19)16-13-7-3-5-11-4-1-2-6-12(11)13/h1-9,16-17H,10H2. The number of nitrogens with one attached hydrogen (secondary N) is 1. The van der Waals surface area contributed by atoms with Gasteiger partial charge in [-0.1, -0.05) is 36.4 Å². The summed E-state index contributed by atoms with van der Waals surface area (Å²) in [7, 11) is -3.70. The normalized spacial score (nSPS) is 11.7. The van der Waals surface area contributed by atoms with E-state index in [4.69, 9.17) is 0 Å². The highest BCUT2D eigenvalue weighted by Crippen LogP contribution is 2.28. The van der Waals surface area contributed by atoms with Gasteiger partial charge < -0.3 is 5.11 Å². The molecule has 0 radical (unpaired) electrons. The van der Waals surface area contributed by atoms with Crippen molar-refractivity contribution in [1.29, 1.82) is 0 Å². The molecular weight excluding hydrogens is 306 g/mol. The minimum Gasteiger partial charge on any atom is -0.391 e. The number of fused-ring (bicyclic) bond motifs is 1. The van der Waals surface area contributed by atoms with Crippen molar-refractivity contribution in [3.05, 3.63) is 58.8 Å². The minimum atomic E-state index is -3.70. The van der Waals surface area contributed by atoms with Crippen LogP contribution in [0.1, 0.15) is 4.88 Å². The van der Waals surface area contributed by atoms with Gasteiger partial charge in [-0.3, -0.25) is 4.72 Å². The van der Waals surface area contributed by atoms with Gasteiger partial charge in [-0.2, -0.15) is 0 Å². The largest absolute Gasteiger partial charge is 0.391 e. The number of hydrogen-bond acceptors (Lipinski definition) is 4. The first-order chi connectivity index (χ1) is 10.1. The molecular formula is C15H13NO3S2. The van der Waals surface area contributed by atoms with Gasteiger partial charge >= 0.3 is 0 Å². The molecule has 0 saturated carbocycles. The molecule has 3 rings (SSSR count). The Hall–Kier alpha value is -1.89. The third-order valence-corrected chi connectivity index (χ3v) is 5.66. The number of rotatable bonds is 4. The molecule has 21 heavy (non-hydrogen) atoms. The van der Waals surface area contributed by atoms with Gasteiger partial charge in [0, 0.05) is 5.39 Å². The third-order valence-electron chi connectivity index (χ3n) is 3.17. The molecule has 0 bridgehead atoms. The van der Waals surface area contributed by atoms with Gasteiger partial charge in [0.1, 0.15) is 4.90 Å². The van der Waals surface area contributed by atoms with Crippen molar-refractivity contribution < 1.29 is 13.5 Å². The number of hydrogen-bond donors (Lipinski definition) is 2. The second kappa shape index (κ2) is 5.48. The molecule has 4 nitrogen and oxygen atoms in total. The van der Waals surface area contributed by atoms with Crippen LogP contribution in [0.5, 0.6) is 0 Å². The van der Waals surface area contributed by atoms with E-state index in [1.807, 2.05) is 30.3 Å². The Labute approximate surface area is 126 Å². The predicted octanol–water partition coefficient (Wildman–Crippen LogP) is 3.19. The second-order valence-electron chi connectivity index (χ2n) is 4.50. The summed E-state index contributed by atoms with van der Waals surface area (Å²) in [5, 5.41) is 12.7. The van der Waals surface area contributed by atoms with Crippen molar-refractivity contribution in [2.75, 3.05) is 4.72 Å². The topological polar surface area (TPSA) is 66.4 Å². The smallest absolute Gasteiger partial charge is 0.263 e. The summed E-state index contributed by atoms with van der Waals surface area (Å²) in [5.74, 6) is 0. The molecule has 0 saturated heterocycles. The van der Waals surface area contributed by atoms with Crippen LogP contribution in [0.15, 0.2) is 58.8 Å². The van der Waals surface area contributed by atoms with E-state index in [0.29, 0.717) is 10.6 Å². The Kier molecular flexibility index (Phi) is 3.67. The van der Waals surface area contributed by atoms with Gasteiger partial charge in [0.15, 0.2) is 0 Å². The summed E-state index contributed by atoms with van der Waals surface area (Å²) in [6.07, 6.45) is 0. The lowest BCUT2D eigenvalue weighted by Gasteiger charge is -2.10. The van der Waals surface area contributed by atoms with Crippen LogP contribution in [-0.4, -0.2) is 13.5 Å². The molecule has 3 aromatic rings. The molecule has 0 amide bonds. The van der Waals surface area contributed by atoms with Crippen molar-refractivity contribution in [3.8, 4) is 0 Å². The highest BCUT2D eigenvalue weighted by Gasteiger charge is 2.20. The Balaban J connectivity index is 2.06. The van der Waals surface area contributed by atoms with Gasteiger partial charge in [0.05, 0.1) is 17.2 Å². The molecule has 2 N–H and O–H groups in total. The fourth-order valence-corrected chi connectivity index (χ4v) is 4.57. The summed E-state index contributed by atoms with van der Waals surface area (Å²) in [4.78, 5) is 0.561. The lowest BCUT2D eigenvalue weighted by Crippen LogP contribution is -2.14. The molecule has 0 unspecified atom stereocenters. The SMILES string of the molecule is O=S(=O)(Nc1cccc2ccccc12)c1ccsc1CO. The van der Waals surface area contributed by atoms with Gasteiger partial charge in [-0.15, -0.1) is 11.3 Å². The van der Waals surface area contributed by atoms with Crippen LogP contribution in [0.25, 0.3) is 10.8 Å². The zero-order valence-corrected chi connectivity index (χ0v) is 12.6. The van der Waals surface area contributed by atoms with E-state index in [1.54, 1.807) is 17.5 Å². The van der Waals surface area contributed by atoms with Gasteiger partial charge in [0.2, 0.25) is 0 Å². The van der Waals surface area contributed by atoms with Crippen LogP contribution in [0, 0.1) is 0 Å². The van der Waals surface area contributed by atoms with Crippen LogP contribution in [0.2, 0.25) is 0 Å². The van der Waals surface area contributed by atoms with Crippen LogP contribution < -0.4 is 4.72 Å². The van der Waals surface area contributed by atoms with Crippen molar-refractivity contribution in [2.45, 2.75) is 11.5 Å². The van der Waals surface area contributed by atoms with Crippen LogP contribution in [0.3, 0.4) is 0 Å². The second-order valence-corrected chi connectivity index (χ2v) is 7.15. The van der Waals surface area contributed by atoms with Crippen LogP contribution >= 0.6 is 11.3 Å². The Morgan fingerprint density at radius 3 is 2.62 bits per heavy atom. The van der Waals surface area contributed by atoms with E-state index in [9.17, 15) is 13.5 Å². The predicted molar refractivity (Wildman–Crippen MR) is 85.0 cm³/mol. The number of benzene rings is 2. The van der Waals surface area contributed by atoms with Gasteiger partial charge in [-0.05, 0) is 22.9 Å². The fourth-order valence-electron chi connectivity index (χ4n) is 2.20. The van der Waals surface area contributed by atoms with Crippen molar-refractivity contribution >= 4 is 37.8 Å². The number of aliphatic hydroxyl groups excluding tert-OH is 1. The molecule has 108 valence electrons. The maximum Gasteiger partial charge on any atom is 0.263 e. The molecule has 0 fully saturated rings. The molecule has 2 aromatic carbocycles. The monoisotopic (exact) mass is 319 g/mol. The molecule has 6 heteroatoms. The minimum absolute atomic E-state index is 0.128. The summed E-state index contributed by atoms with van der Waals surface area (Å²) in [6.45, 7) is -0.288. The summed E-state index contributed by atoms with van der Waals surface area (Å²) < 4.78 is 27.5. The molecule has 0 aliphatic carbocycles. The number of anilines is 1. The van der Waals surface area contributed by atoms with Gasteiger partial charge in [0.25, 0.3) is 10.0 Å². The maximum atomic E-state index is 12.5. The molecule has 0 aliphatic heterocycles. The zero-order valence-electron chi connectivity index (χ0n) is 11.0. The Bertz CT molecular complexity index is 879. The van der Waals surface area contributed by atoms with Crippen LogP contribution in [0.4, 0.5) is 5.69 Å². The fraction of sp³-hybridized carbons (Fsp3) is 0.0667. The van der Waals surface area contributed by atoms with Crippen molar-refractivity contribution in [1.82, 2.24) is 0 Å². The number of aliphatic hydroxyl groups is 1. The van der Waals surface area contributed by atoms with E-state index < -0.39 is 10.0 Å². The van der Waals surface area contributed by atoms with Crippen molar-refractivity contribution in [2.24, 2.45) is 0 Å². The lowest BCUT2D eigenvalue weighted by atomic mass is 10.1. The Morgan fingerprint density at radius 2 is 1.81 bits per heavy atom. The highest BCUT2D eigenvalue weighted by molar-refractivity contribution is 7.93. The summed E-state index contributed by atoms with van der Waals surface area (Å²) in [5.41, 5.74) is 0.531. The van der Waals surface area contributed by atoms with E-state index in [-0.39, 0.29) is 11.5 Å². The van der Waals surface area contributed by atoms with Crippen LogP contribution in [-0.2, 0) is 16.6 Å². The first-order valence-electron chi connectivity index (χ1n) is 6.29. The first kappa shape index (κ1) is 14.1. The lowest BCUT2D eigenvalue weighted by molar-refractivity contribution is 0.282. The van der Waals surface area contributed by atoms with Crippen molar-refractivity contribution in [3.63, 3.8) is 0 Å². The number of sulfonamides is 1. The van der Waals surface area contributed by atoms with E-state index in [0.717, 1.165) is 10.8 Å². The highest BCUT2D eigenvalue weighted by atomic mass is 32.2. The molecule has 0 atom stereocenters. The molecule has 1 aromatic heterocycles. The Morgan fingerprint density at radius 1 is 1.05 bits per heavy atom. The third kappa shape index (κ3) is 2.65. The number of thiophene rings is 1.